The lowest BCUT2D eigenvalue weighted by Gasteiger charge is -2.06. The first kappa shape index (κ1) is 14.4. The number of hydrogen-bond donors (Lipinski definition) is 1. The third-order valence-electron chi connectivity index (χ3n) is 3.12. The summed E-state index contributed by atoms with van der Waals surface area (Å²) in [5.41, 5.74) is 0.715. The molecule has 0 saturated carbocycles. The summed E-state index contributed by atoms with van der Waals surface area (Å²) in [5.74, 6) is -0.200. The predicted octanol–water partition coefficient (Wildman–Crippen LogP) is 1.90. The molecule has 23 heavy (non-hydrogen) atoms. The van der Waals surface area contributed by atoms with Crippen molar-refractivity contribution >= 4 is 22.9 Å². The summed E-state index contributed by atoms with van der Waals surface area (Å²) in [7, 11) is 1.39. The molecule has 1 aromatic carbocycles. The average molecular weight is 313 g/mol. The van der Waals surface area contributed by atoms with Crippen LogP contribution in [0.4, 0.5) is 11.4 Å². The van der Waals surface area contributed by atoms with Crippen LogP contribution in [0.15, 0.2) is 42.9 Å². The smallest absolute Gasteiger partial charge is 0.275 e. The Morgan fingerprint density at radius 2 is 2.22 bits per heavy atom. The zero-order valence-electron chi connectivity index (χ0n) is 12.0. The molecule has 0 aliphatic rings. The van der Waals surface area contributed by atoms with E-state index < -0.39 is 10.8 Å². The fourth-order valence-corrected chi connectivity index (χ4v) is 2.06. The van der Waals surface area contributed by atoms with Crippen LogP contribution in [-0.2, 0) is 0 Å². The highest BCUT2D eigenvalue weighted by molar-refractivity contribution is 6.08. The number of rotatable bonds is 4. The van der Waals surface area contributed by atoms with Crippen molar-refractivity contribution in [2.75, 3.05) is 12.4 Å². The van der Waals surface area contributed by atoms with Crippen LogP contribution in [0.2, 0.25) is 0 Å². The van der Waals surface area contributed by atoms with Crippen molar-refractivity contribution in [1.29, 1.82) is 0 Å². The lowest BCUT2D eigenvalue weighted by Crippen LogP contribution is -2.12. The molecule has 1 N–H and O–H groups in total. The van der Waals surface area contributed by atoms with Gasteiger partial charge >= 0.3 is 0 Å². The standard InChI is InChI=1S/C14H11N5O4/c1-23-11-6-9(5-10(7-11)19(21)22)17-14(20)12-8-16-18-4-2-3-15-13(12)18/h2-8H,1H3,(H,17,20). The van der Waals surface area contributed by atoms with Crippen LogP contribution in [0.5, 0.6) is 5.75 Å². The monoisotopic (exact) mass is 313 g/mol. The van der Waals surface area contributed by atoms with Crippen LogP contribution < -0.4 is 10.1 Å². The molecular formula is C14H11N5O4. The predicted molar refractivity (Wildman–Crippen MR) is 80.6 cm³/mol. The summed E-state index contributed by atoms with van der Waals surface area (Å²) in [6.45, 7) is 0. The number of fused-ring (bicyclic) bond motifs is 1. The van der Waals surface area contributed by atoms with Gasteiger partial charge in [0.25, 0.3) is 11.6 Å². The van der Waals surface area contributed by atoms with E-state index in [4.69, 9.17) is 4.74 Å². The molecule has 9 heteroatoms. The molecule has 0 fully saturated rings. The molecule has 0 saturated heterocycles. The fraction of sp³-hybridized carbons (Fsp3) is 0.0714. The van der Waals surface area contributed by atoms with Crippen LogP contribution in [0.1, 0.15) is 10.4 Å². The second-order valence-electron chi connectivity index (χ2n) is 4.58. The van der Waals surface area contributed by atoms with Gasteiger partial charge in [-0.15, -0.1) is 0 Å². The van der Waals surface area contributed by atoms with Crippen molar-refractivity contribution in [3.63, 3.8) is 0 Å². The summed E-state index contributed by atoms with van der Waals surface area (Å²) in [6.07, 6.45) is 4.59. The van der Waals surface area contributed by atoms with E-state index in [-0.39, 0.29) is 22.7 Å². The topological polar surface area (TPSA) is 112 Å². The Kier molecular flexibility index (Phi) is 3.59. The Bertz CT molecular complexity index is 905. The normalized spacial score (nSPS) is 10.5. The minimum absolute atomic E-state index is 0.183. The van der Waals surface area contributed by atoms with E-state index in [9.17, 15) is 14.9 Å². The number of benzene rings is 1. The molecule has 2 heterocycles. The molecule has 9 nitrogen and oxygen atoms in total. The van der Waals surface area contributed by atoms with Gasteiger partial charge < -0.3 is 10.1 Å². The number of nitrogens with one attached hydrogen (secondary N) is 1. The van der Waals surface area contributed by atoms with E-state index >= 15 is 0 Å². The summed E-state index contributed by atoms with van der Waals surface area (Å²) >= 11 is 0. The molecule has 0 atom stereocenters. The first-order valence-electron chi connectivity index (χ1n) is 6.51. The van der Waals surface area contributed by atoms with Gasteiger partial charge in [-0.2, -0.15) is 5.10 Å². The number of aromatic nitrogens is 3. The van der Waals surface area contributed by atoms with Crippen molar-refractivity contribution in [2.45, 2.75) is 0 Å². The second-order valence-corrected chi connectivity index (χ2v) is 4.58. The summed E-state index contributed by atoms with van der Waals surface area (Å²) < 4.78 is 6.46. The molecule has 0 aliphatic heterocycles. The van der Waals surface area contributed by atoms with Crippen LogP contribution >= 0.6 is 0 Å². The van der Waals surface area contributed by atoms with Gasteiger partial charge in [0.05, 0.1) is 30.0 Å². The van der Waals surface area contributed by atoms with Crippen molar-refractivity contribution in [2.24, 2.45) is 0 Å². The SMILES string of the molecule is COc1cc(NC(=O)c2cnn3cccnc23)cc([N+](=O)[O-])c1. The number of nitrogens with zero attached hydrogens (tertiary/aromatic N) is 4. The number of nitro groups is 1. The van der Waals surface area contributed by atoms with Crippen molar-refractivity contribution in [3.8, 4) is 5.75 Å². The maximum absolute atomic E-state index is 12.4. The highest BCUT2D eigenvalue weighted by Crippen LogP contribution is 2.26. The molecule has 1 amide bonds. The summed E-state index contributed by atoms with van der Waals surface area (Å²) in [6, 6.07) is 5.70. The van der Waals surface area contributed by atoms with Gasteiger partial charge in [-0.05, 0) is 6.07 Å². The highest BCUT2D eigenvalue weighted by atomic mass is 16.6. The second kappa shape index (κ2) is 5.72. The number of hydrogen-bond acceptors (Lipinski definition) is 6. The minimum atomic E-state index is -0.560. The number of methoxy groups -OCH3 is 1. The molecule has 0 radical (unpaired) electrons. The van der Waals surface area contributed by atoms with Gasteiger partial charge in [0.2, 0.25) is 0 Å². The Morgan fingerprint density at radius 1 is 1.39 bits per heavy atom. The molecule has 0 unspecified atom stereocenters. The third kappa shape index (κ3) is 2.79. The van der Waals surface area contributed by atoms with E-state index in [2.05, 4.69) is 15.4 Å². The zero-order chi connectivity index (χ0) is 16.4. The maximum atomic E-state index is 12.4. The number of amides is 1. The lowest BCUT2D eigenvalue weighted by molar-refractivity contribution is -0.384. The molecule has 2 aromatic heterocycles. The number of ether oxygens (including phenoxy) is 1. The number of carbonyl (C=O) groups is 1. The first-order chi connectivity index (χ1) is 11.1. The van der Waals surface area contributed by atoms with Gasteiger partial charge in [-0.3, -0.25) is 14.9 Å². The van der Waals surface area contributed by atoms with E-state index in [1.54, 1.807) is 18.5 Å². The van der Waals surface area contributed by atoms with Crippen molar-refractivity contribution in [1.82, 2.24) is 14.6 Å². The molecule has 116 valence electrons. The van der Waals surface area contributed by atoms with Crippen LogP contribution in [0.25, 0.3) is 5.65 Å². The Morgan fingerprint density at radius 3 is 2.96 bits per heavy atom. The largest absolute Gasteiger partial charge is 0.496 e. The van der Waals surface area contributed by atoms with E-state index in [0.717, 1.165) is 0 Å². The number of anilines is 1. The van der Waals surface area contributed by atoms with Crippen molar-refractivity contribution < 1.29 is 14.5 Å². The Hall–Kier alpha value is -3.49. The minimum Gasteiger partial charge on any atom is -0.496 e. The molecule has 0 aliphatic carbocycles. The molecule has 3 rings (SSSR count). The zero-order valence-corrected chi connectivity index (χ0v) is 12.0. The van der Waals surface area contributed by atoms with Gasteiger partial charge in [-0.25, -0.2) is 9.50 Å². The van der Waals surface area contributed by atoms with Crippen LogP contribution in [0.3, 0.4) is 0 Å². The molecule has 3 aromatic rings. The quantitative estimate of drug-likeness (QED) is 0.581. The van der Waals surface area contributed by atoms with Crippen LogP contribution in [0, 0.1) is 10.1 Å². The Balaban J connectivity index is 1.93. The van der Waals surface area contributed by atoms with Gasteiger partial charge in [0.15, 0.2) is 5.65 Å². The Labute approximate surface area is 129 Å². The summed E-state index contributed by atoms with van der Waals surface area (Å²) in [4.78, 5) is 26.8. The van der Waals surface area contributed by atoms with Crippen molar-refractivity contribution in [3.05, 3.63) is 58.5 Å². The van der Waals surface area contributed by atoms with E-state index in [0.29, 0.717) is 5.65 Å². The van der Waals surface area contributed by atoms with Gasteiger partial charge in [0, 0.05) is 24.5 Å². The maximum Gasteiger partial charge on any atom is 0.275 e. The number of non-ortho nitro benzene ring substituents is 1. The van der Waals surface area contributed by atoms with Crippen LogP contribution in [-0.4, -0.2) is 32.5 Å². The van der Waals surface area contributed by atoms with E-state index in [1.165, 1.54) is 36.0 Å². The van der Waals surface area contributed by atoms with Gasteiger partial charge in [-0.1, -0.05) is 0 Å². The molecular weight excluding hydrogens is 302 g/mol. The lowest BCUT2D eigenvalue weighted by atomic mass is 10.2. The summed E-state index contributed by atoms with van der Waals surface area (Å²) in [5, 5.41) is 17.5. The molecule has 0 bridgehead atoms. The molecule has 0 spiro atoms. The first-order valence-corrected chi connectivity index (χ1v) is 6.51. The number of nitro benzene ring substituents is 1. The third-order valence-corrected chi connectivity index (χ3v) is 3.12. The average Bonchev–Trinajstić information content (AvgIpc) is 2.98. The fourth-order valence-electron chi connectivity index (χ4n) is 2.06. The van der Waals surface area contributed by atoms with E-state index in [1.807, 2.05) is 0 Å². The highest BCUT2D eigenvalue weighted by Gasteiger charge is 2.16. The number of carbonyl (C=O) groups excluding carboxylic acids is 1. The van der Waals surface area contributed by atoms with Gasteiger partial charge in [0.1, 0.15) is 11.3 Å².